The van der Waals surface area contributed by atoms with E-state index in [9.17, 15) is 91.2 Å². The molecule has 11 rings (SSSR count). The van der Waals surface area contributed by atoms with Crippen LogP contribution in [0.5, 0.6) is 5.75 Å². The molecule has 38 heteroatoms. The first-order valence-electron chi connectivity index (χ1n) is 39.2. The number of amides is 5. The maximum absolute atomic E-state index is 14.6. The number of allylic oxidation sites excluding steroid dienone is 1. The first-order valence-corrected chi connectivity index (χ1v) is 40.8. The molecule has 1 aliphatic carbocycles. The lowest BCUT2D eigenvalue weighted by atomic mass is 9.83. The third kappa shape index (κ3) is 21.3. The number of aliphatic hydroxyl groups excluding tert-OH is 4. The van der Waals surface area contributed by atoms with Crippen molar-refractivity contribution >= 4 is 119 Å². The summed E-state index contributed by atoms with van der Waals surface area (Å²) in [6.07, 6.45) is -7.81. The number of H-pyrrole nitrogens is 3. The van der Waals surface area contributed by atoms with E-state index < -0.39 is 168 Å². The second kappa shape index (κ2) is 38.8. The number of alkyl carbamates (subject to hydrolysis) is 1. The van der Waals surface area contributed by atoms with Crippen LogP contribution in [0.3, 0.4) is 0 Å². The van der Waals surface area contributed by atoms with Gasteiger partial charge in [0, 0.05) is 156 Å². The van der Waals surface area contributed by atoms with E-state index in [1.54, 1.807) is 0 Å². The van der Waals surface area contributed by atoms with Crippen molar-refractivity contribution in [2.45, 2.75) is 179 Å². The molecule has 11 atom stereocenters. The summed E-state index contributed by atoms with van der Waals surface area (Å²) < 4.78 is 48.9. The first kappa shape index (κ1) is 88.7. The number of carboxylic acids is 1. The summed E-state index contributed by atoms with van der Waals surface area (Å²) in [5.74, 6) is -11.3. The fourth-order valence-corrected chi connectivity index (χ4v) is 15.8. The van der Waals surface area contributed by atoms with Gasteiger partial charge in [0.1, 0.15) is 60.8 Å². The van der Waals surface area contributed by atoms with Gasteiger partial charge in [0.05, 0.1) is 47.9 Å². The predicted octanol–water partition coefficient (Wildman–Crippen LogP) is 4.49. The normalized spacial score (nSPS) is 19.2. The van der Waals surface area contributed by atoms with Gasteiger partial charge in [-0.2, -0.15) is 13.4 Å². The van der Waals surface area contributed by atoms with Crippen molar-refractivity contribution in [1.82, 2.24) is 66.5 Å². The lowest BCUT2D eigenvalue weighted by Crippen LogP contribution is -2.54. The van der Waals surface area contributed by atoms with Crippen molar-refractivity contribution in [3.63, 3.8) is 0 Å². The molecule has 17 N–H and O–H groups in total. The molecule has 1 saturated heterocycles. The van der Waals surface area contributed by atoms with Crippen LogP contribution in [0.15, 0.2) is 78.2 Å². The Hall–Kier alpha value is -12.1. The molecule has 37 nitrogen and oxygen atoms in total. The van der Waals surface area contributed by atoms with Gasteiger partial charge in [-0.15, -0.1) is 0 Å². The summed E-state index contributed by atoms with van der Waals surface area (Å²) in [6, 6.07) is 14.6. The standard InChI is InChI=1S/C82H97N15O22S/c1-8-51-39(4)54-32-59-65(38(2)3)41(6)56(92-59)30-55-40(5)52(69(93-55)68-67(60(101)35-98)73(106)66-42(7)57(94-70(66)68)31-58(51)91-54)17-20-63(103)84-22-23-87-82(113)118-36-43-11-19-62(119-80-74(107)72(105)61(102)37-117-80)45(26-43)27-49(99)10-9-21-86-76(108)46(29-64(104)85-24-25-120(114,115)116)28-50(100)16-18-53(79(111)112)95-77(109)44-12-14-47(15-13-44)88-33-48-34-89-75-71(90-48)78(110)97-81(83)96-75/h11-15,19,26,30-32,34,39-40,46,51-53,61,67,72,74,80,88,92,94,98,102,105,107H,2,8-10,16-18,20-25,27-29,33,35-37H2,1,3-7H3,(H,84,103)(H,85,104)(H,86,108)(H,87,113)(H,95,109)(H,111,112)(H,114,115,116)(H3,83,89,96,97,110)/t39-,40+,46+,51-,52+,53+,61+,67?,72-,74+,80?/m1/s1. The van der Waals surface area contributed by atoms with Crippen LogP contribution in [0.1, 0.15) is 198 Å². The molecule has 5 aromatic heterocycles. The molecule has 0 radical (unpaired) electrons. The van der Waals surface area contributed by atoms with Crippen LogP contribution in [0, 0.1) is 19.8 Å². The third-order valence-electron chi connectivity index (χ3n) is 21.8. The number of hydrogen-bond acceptors (Lipinski definition) is 27. The monoisotopic (exact) mass is 1680 g/mol. The quantitative estimate of drug-likeness (QED) is 0.0145. The molecule has 4 aliphatic rings. The molecule has 8 heterocycles. The number of carboxylic acid groups (broad SMARTS) is 1. The van der Waals surface area contributed by atoms with Gasteiger partial charge in [0.25, 0.3) is 21.6 Å². The van der Waals surface area contributed by atoms with Crippen molar-refractivity contribution in [1.29, 1.82) is 0 Å². The number of nitrogens with zero attached hydrogens (tertiary/aromatic N) is 5. The Morgan fingerprint density at radius 1 is 0.767 bits per heavy atom. The number of rotatable bonds is 37. The average molecular weight is 1680 g/mol. The van der Waals surface area contributed by atoms with E-state index in [4.69, 9.17) is 29.9 Å². The number of ether oxygens (including phenoxy) is 3. The number of ketones is 4. The highest BCUT2D eigenvalue weighted by Gasteiger charge is 2.45. The number of nitrogen functional groups attached to an aromatic ring is 1. The lowest BCUT2D eigenvalue weighted by Gasteiger charge is -2.35. The van der Waals surface area contributed by atoms with Gasteiger partial charge >= 0.3 is 12.1 Å². The van der Waals surface area contributed by atoms with Gasteiger partial charge in [-0.1, -0.05) is 33.4 Å². The maximum Gasteiger partial charge on any atom is 0.407 e. The Bertz CT molecular complexity index is 5540. The van der Waals surface area contributed by atoms with Gasteiger partial charge in [0.15, 0.2) is 22.7 Å². The van der Waals surface area contributed by atoms with Crippen LogP contribution in [-0.2, 0) is 72.7 Å². The Labute approximate surface area is 687 Å². The van der Waals surface area contributed by atoms with Crippen LogP contribution in [-0.4, -0.2) is 213 Å². The zero-order valence-electron chi connectivity index (χ0n) is 66.8. The number of fused-ring (bicyclic) bond motifs is 9. The highest BCUT2D eigenvalue weighted by atomic mass is 32.2. The van der Waals surface area contributed by atoms with Gasteiger partial charge in [-0.25, -0.2) is 19.6 Å². The highest BCUT2D eigenvalue weighted by molar-refractivity contribution is 7.85. The summed E-state index contributed by atoms with van der Waals surface area (Å²) in [6.45, 7) is 13.8. The SMILES string of the molecule is C=C(C)c1c(C)c2cc3nc(c4c5[nH]c(cc6nc(cc1[nH]2)[C@H](C)[C@H]6CC)c(C)c5C(=O)C4C(=O)CO)[C@@H](CCC(=O)NCCNC(=O)OCc1ccc(OC2OC[C@H](O)[C@@H](O)[C@@H]2O)c(CC(=O)CCCNC(=O)[C@@H](CC(=O)CC[C@H](NC(=O)c2ccc(NCc4cnc5nc(N)[nH]c(=O)c5n4)cc2)C(=O)O)CC(=O)NCCS(=O)(=O)O)c1)[C@@H]3C. The first-order chi connectivity index (χ1) is 57.1. The summed E-state index contributed by atoms with van der Waals surface area (Å²) in [5.41, 5.74) is 15.9. The molecular weight excluding hydrogens is 1580 g/mol. The summed E-state index contributed by atoms with van der Waals surface area (Å²) in [7, 11) is -4.52. The van der Waals surface area contributed by atoms with Crippen molar-refractivity contribution in [2.75, 3.05) is 56.2 Å². The van der Waals surface area contributed by atoms with Crippen molar-refractivity contribution in [2.24, 2.45) is 5.92 Å². The minimum atomic E-state index is -4.52. The van der Waals surface area contributed by atoms with E-state index in [1.807, 2.05) is 39.8 Å². The fourth-order valence-electron chi connectivity index (χ4n) is 15.4. The van der Waals surface area contributed by atoms with Gasteiger partial charge in [-0.05, 0) is 123 Å². The molecule has 0 saturated carbocycles. The lowest BCUT2D eigenvalue weighted by molar-refractivity contribution is -0.242. The Kier molecular flexibility index (Phi) is 28.7. The van der Waals surface area contributed by atoms with E-state index in [0.717, 1.165) is 45.5 Å². The average Bonchev–Trinajstić information content (AvgIpc) is 1.56. The minimum absolute atomic E-state index is 0.0112. The van der Waals surface area contributed by atoms with E-state index in [-0.39, 0.29) is 123 Å². The van der Waals surface area contributed by atoms with E-state index in [1.165, 1.54) is 48.7 Å². The smallest absolute Gasteiger partial charge is 0.407 e. The number of aliphatic hydroxyl groups is 4. The van der Waals surface area contributed by atoms with Crippen molar-refractivity contribution < 1.29 is 101 Å². The minimum Gasteiger partial charge on any atom is -0.480 e. The number of carbonyl (C=O) groups is 10. The highest BCUT2D eigenvalue weighted by Crippen LogP contribution is 2.49. The number of Topliss-reactive ketones (excluding diaryl/α,β-unsaturated/α-hetero) is 4. The van der Waals surface area contributed by atoms with E-state index in [2.05, 4.69) is 88.3 Å². The van der Waals surface area contributed by atoms with Crippen LogP contribution >= 0.6 is 0 Å². The van der Waals surface area contributed by atoms with E-state index >= 15 is 0 Å². The molecule has 2 unspecified atom stereocenters. The fraction of sp³-hybridized carbons (Fsp3) is 0.439. The Morgan fingerprint density at radius 3 is 2.18 bits per heavy atom. The summed E-state index contributed by atoms with van der Waals surface area (Å²) in [5, 5.41) is 67.4. The molecule has 3 aliphatic heterocycles. The van der Waals surface area contributed by atoms with Crippen LogP contribution in [0.4, 0.5) is 16.4 Å². The number of benzene rings is 2. The molecule has 120 heavy (non-hydrogen) atoms. The second-order valence-electron chi connectivity index (χ2n) is 30.4. The number of aromatic nitrogens is 8. The number of carbonyl (C=O) groups excluding carboxylic acids is 9. The van der Waals surface area contributed by atoms with Gasteiger partial charge in [-0.3, -0.25) is 62.7 Å². The van der Waals surface area contributed by atoms with Gasteiger partial charge in [0.2, 0.25) is 30.0 Å². The summed E-state index contributed by atoms with van der Waals surface area (Å²) >= 11 is 0. The van der Waals surface area contributed by atoms with Crippen molar-refractivity contribution in [3.8, 4) is 5.75 Å². The maximum atomic E-state index is 14.6. The number of hydrogen-bond donors (Lipinski definition) is 16. The number of aliphatic carboxylic acids is 1. The largest absolute Gasteiger partial charge is 0.480 e. The molecule has 638 valence electrons. The Balaban J connectivity index is 0.689. The van der Waals surface area contributed by atoms with E-state index in [0.29, 0.717) is 56.1 Å². The molecule has 7 aromatic rings. The summed E-state index contributed by atoms with van der Waals surface area (Å²) in [4.78, 5) is 180. The number of aromatic amines is 3. The zero-order valence-corrected chi connectivity index (χ0v) is 67.6. The number of aryl methyl sites for hydroxylation is 2. The number of nitrogens with two attached hydrogens (primary N) is 1. The van der Waals surface area contributed by atoms with Crippen LogP contribution in [0.25, 0.3) is 38.8 Å². The third-order valence-corrected chi connectivity index (χ3v) is 22.6. The predicted molar refractivity (Wildman–Crippen MR) is 435 cm³/mol. The van der Waals surface area contributed by atoms with Crippen LogP contribution < -0.4 is 47.9 Å². The molecule has 5 amide bonds. The van der Waals surface area contributed by atoms with Crippen LogP contribution in [0.2, 0.25) is 0 Å². The number of nitrogens with one attached hydrogen (secondary N) is 9. The molecule has 2 aromatic carbocycles. The molecule has 0 spiro atoms. The topological polar surface area (TPSA) is 581 Å². The molecule has 1 fully saturated rings. The molecular formula is C82H97N15O22S. The van der Waals surface area contributed by atoms with Crippen molar-refractivity contribution in [3.05, 3.63) is 157 Å². The zero-order chi connectivity index (χ0) is 86.7. The van der Waals surface area contributed by atoms with Gasteiger partial charge < -0.3 is 87.3 Å². The second-order valence-corrected chi connectivity index (χ2v) is 32.0. The Morgan fingerprint density at radius 2 is 1.47 bits per heavy atom. The number of anilines is 2. The molecule has 8 bridgehead atoms.